The number of carbonyl (C=O) groups is 1. The Bertz CT molecular complexity index is 1340. The SMILES string of the molecule is Cn1c(=O)c2c(SCC(=O)Nc3cccc(C#N)c3)nc(C(C)(C)C)nc2n(C)c1=O. The summed E-state index contributed by atoms with van der Waals surface area (Å²) < 4.78 is 2.31. The number of nitrogens with one attached hydrogen (secondary N) is 1. The molecule has 2 aromatic heterocycles. The minimum atomic E-state index is -0.511. The molecule has 0 aliphatic rings. The summed E-state index contributed by atoms with van der Waals surface area (Å²) >= 11 is 1.10. The molecule has 1 amide bonds. The van der Waals surface area contributed by atoms with Crippen molar-refractivity contribution in [3.8, 4) is 6.07 Å². The molecule has 1 aromatic carbocycles. The Hall–Kier alpha value is -3.45. The fourth-order valence-corrected chi connectivity index (χ4v) is 3.68. The second-order valence-corrected chi connectivity index (χ2v) is 9.00. The number of anilines is 1. The maximum atomic E-state index is 12.8. The summed E-state index contributed by atoms with van der Waals surface area (Å²) in [5.74, 6) is 0.136. The number of aromatic nitrogens is 4. The van der Waals surface area contributed by atoms with Gasteiger partial charge in [0.1, 0.15) is 16.2 Å². The first-order valence-electron chi connectivity index (χ1n) is 9.44. The van der Waals surface area contributed by atoms with Gasteiger partial charge in [-0.15, -0.1) is 0 Å². The molecule has 10 heteroatoms. The predicted molar refractivity (Wildman–Crippen MR) is 119 cm³/mol. The molecule has 0 unspecified atom stereocenters. The minimum Gasteiger partial charge on any atom is -0.325 e. The Balaban J connectivity index is 2.00. The lowest BCUT2D eigenvalue weighted by molar-refractivity contribution is -0.113. The highest BCUT2D eigenvalue weighted by atomic mass is 32.2. The molecule has 0 fully saturated rings. The van der Waals surface area contributed by atoms with Gasteiger partial charge in [-0.1, -0.05) is 38.6 Å². The summed E-state index contributed by atoms with van der Waals surface area (Å²) in [5.41, 5.74) is -0.249. The molecular formula is C21H22N6O3S. The third-order valence-corrected chi connectivity index (χ3v) is 5.53. The first-order valence-corrected chi connectivity index (χ1v) is 10.4. The van der Waals surface area contributed by atoms with Crippen molar-refractivity contribution in [3.05, 3.63) is 56.5 Å². The molecule has 31 heavy (non-hydrogen) atoms. The molecule has 0 bridgehead atoms. The van der Waals surface area contributed by atoms with Gasteiger partial charge in [0, 0.05) is 25.2 Å². The van der Waals surface area contributed by atoms with Crippen molar-refractivity contribution in [3.63, 3.8) is 0 Å². The van der Waals surface area contributed by atoms with Crippen LogP contribution in [-0.4, -0.2) is 30.8 Å². The summed E-state index contributed by atoms with van der Waals surface area (Å²) in [5, 5.41) is 12.3. The smallest absolute Gasteiger partial charge is 0.325 e. The van der Waals surface area contributed by atoms with Crippen LogP contribution in [0.4, 0.5) is 5.69 Å². The van der Waals surface area contributed by atoms with Crippen molar-refractivity contribution >= 4 is 34.4 Å². The van der Waals surface area contributed by atoms with Crippen LogP contribution in [0.1, 0.15) is 32.2 Å². The summed E-state index contributed by atoms with van der Waals surface area (Å²) in [6.07, 6.45) is 0. The van der Waals surface area contributed by atoms with E-state index in [4.69, 9.17) is 5.26 Å². The van der Waals surface area contributed by atoms with Gasteiger partial charge in [0.05, 0.1) is 17.4 Å². The van der Waals surface area contributed by atoms with E-state index in [0.717, 1.165) is 16.3 Å². The van der Waals surface area contributed by atoms with Gasteiger partial charge in [-0.2, -0.15) is 5.26 Å². The fourth-order valence-electron chi connectivity index (χ4n) is 2.87. The van der Waals surface area contributed by atoms with E-state index >= 15 is 0 Å². The number of rotatable bonds is 4. The van der Waals surface area contributed by atoms with Crippen LogP contribution in [0.3, 0.4) is 0 Å². The number of hydrogen-bond acceptors (Lipinski definition) is 7. The van der Waals surface area contributed by atoms with Crippen LogP contribution in [0.2, 0.25) is 0 Å². The minimum absolute atomic E-state index is 0.0154. The molecule has 0 saturated heterocycles. The summed E-state index contributed by atoms with van der Waals surface area (Å²) in [4.78, 5) is 46.7. The number of carbonyl (C=O) groups excluding carboxylic acids is 1. The van der Waals surface area contributed by atoms with E-state index in [9.17, 15) is 14.4 Å². The van der Waals surface area contributed by atoms with Crippen molar-refractivity contribution in [1.29, 1.82) is 5.26 Å². The molecule has 0 aliphatic heterocycles. The van der Waals surface area contributed by atoms with Gasteiger partial charge < -0.3 is 5.32 Å². The Morgan fingerprint density at radius 3 is 2.55 bits per heavy atom. The van der Waals surface area contributed by atoms with Crippen LogP contribution in [0, 0.1) is 11.3 Å². The quantitative estimate of drug-likeness (QED) is 0.488. The zero-order valence-corrected chi connectivity index (χ0v) is 18.7. The molecule has 9 nitrogen and oxygen atoms in total. The van der Waals surface area contributed by atoms with E-state index < -0.39 is 16.7 Å². The van der Waals surface area contributed by atoms with Gasteiger partial charge in [0.2, 0.25) is 5.91 Å². The third-order valence-electron chi connectivity index (χ3n) is 4.55. The number of aryl methyl sites for hydroxylation is 1. The monoisotopic (exact) mass is 438 g/mol. The largest absolute Gasteiger partial charge is 0.332 e. The summed E-state index contributed by atoms with van der Waals surface area (Å²) in [6, 6.07) is 8.61. The molecule has 160 valence electrons. The molecule has 0 atom stereocenters. The Morgan fingerprint density at radius 2 is 1.90 bits per heavy atom. The number of hydrogen-bond donors (Lipinski definition) is 1. The number of benzene rings is 1. The number of nitriles is 1. The lowest BCUT2D eigenvalue weighted by Gasteiger charge is -2.19. The van der Waals surface area contributed by atoms with Crippen LogP contribution < -0.4 is 16.6 Å². The average Bonchev–Trinajstić information content (AvgIpc) is 2.73. The van der Waals surface area contributed by atoms with E-state index in [-0.39, 0.29) is 22.7 Å². The molecule has 3 rings (SSSR count). The fraction of sp³-hybridized carbons (Fsp3) is 0.333. The van der Waals surface area contributed by atoms with Gasteiger partial charge in [-0.05, 0) is 18.2 Å². The molecule has 0 aliphatic carbocycles. The van der Waals surface area contributed by atoms with Gasteiger partial charge in [-0.25, -0.2) is 14.8 Å². The molecule has 2 heterocycles. The highest BCUT2D eigenvalue weighted by Gasteiger charge is 2.24. The van der Waals surface area contributed by atoms with E-state index in [0.29, 0.717) is 22.1 Å². The van der Waals surface area contributed by atoms with E-state index in [1.165, 1.54) is 11.6 Å². The highest BCUT2D eigenvalue weighted by molar-refractivity contribution is 8.00. The molecule has 1 N–H and O–H groups in total. The van der Waals surface area contributed by atoms with E-state index in [1.807, 2.05) is 26.8 Å². The molecule has 0 saturated carbocycles. The van der Waals surface area contributed by atoms with Crippen molar-refractivity contribution in [2.45, 2.75) is 31.2 Å². The lowest BCUT2D eigenvalue weighted by atomic mass is 9.96. The molecular weight excluding hydrogens is 416 g/mol. The van der Waals surface area contributed by atoms with Gasteiger partial charge in [-0.3, -0.25) is 18.7 Å². The van der Waals surface area contributed by atoms with Crippen LogP contribution in [0.15, 0.2) is 38.9 Å². The topological polar surface area (TPSA) is 123 Å². The van der Waals surface area contributed by atoms with Crippen molar-refractivity contribution < 1.29 is 4.79 Å². The van der Waals surface area contributed by atoms with Crippen LogP contribution >= 0.6 is 11.8 Å². The first kappa shape index (κ1) is 22.2. The van der Waals surface area contributed by atoms with Gasteiger partial charge in [0.15, 0.2) is 5.65 Å². The molecule has 0 radical (unpaired) electrons. The molecule has 3 aromatic rings. The average molecular weight is 439 g/mol. The van der Waals surface area contributed by atoms with E-state index in [1.54, 1.807) is 31.3 Å². The summed E-state index contributed by atoms with van der Waals surface area (Å²) in [7, 11) is 2.94. The van der Waals surface area contributed by atoms with Crippen LogP contribution in [0.5, 0.6) is 0 Å². The zero-order valence-electron chi connectivity index (χ0n) is 17.9. The molecule has 0 spiro atoms. The second-order valence-electron chi connectivity index (χ2n) is 8.04. The van der Waals surface area contributed by atoms with Crippen LogP contribution in [0.25, 0.3) is 11.0 Å². The first-order chi connectivity index (χ1) is 14.5. The zero-order chi connectivity index (χ0) is 22.9. The highest BCUT2D eigenvalue weighted by Crippen LogP contribution is 2.27. The van der Waals surface area contributed by atoms with Gasteiger partial charge >= 0.3 is 5.69 Å². The Labute approximate surface area is 182 Å². The Morgan fingerprint density at radius 1 is 1.19 bits per heavy atom. The van der Waals surface area contributed by atoms with E-state index in [2.05, 4.69) is 15.3 Å². The maximum absolute atomic E-state index is 12.8. The van der Waals surface area contributed by atoms with Crippen molar-refractivity contribution in [2.75, 3.05) is 11.1 Å². The number of thioether (sulfide) groups is 1. The Kier molecular flexibility index (Phi) is 5.99. The van der Waals surface area contributed by atoms with Gasteiger partial charge in [0.25, 0.3) is 5.56 Å². The van der Waals surface area contributed by atoms with Crippen molar-refractivity contribution in [1.82, 2.24) is 19.1 Å². The lowest BCUT2D eigenvalue weighted by Crippen LogP contribution is -2.38. The third kappa shape index (κ3) is 4.51. The number of nitrogens with zero attached hydrogens (tertiary/aromatic N) is 5. The summed E-state index contributed by atoms with van der Waals surface area (Å²) in [6.45, 7) is 5.78. The van der Waals surface area contributed by atoms with Crippen LogP contribution in [-0.2, 0) is 24.3 Å². The maximum Gasteiger partial charge on any atom is 0.332 e. The second kappa shape index (κ2) is 8.35. The standard InChI is InChI=1S/C21H22N6O3S/c1-21(2,3)19-24-16-15(18(29)27(5)20(30)26(16)4)17(25-19)31-11-14(28)23-13-8-6-7-12(9-13)10-22/h6-9H,11H2,1-5H3,(H,23,28). The predicted octanol–water partition coefficient (Wildman–Crippen LogP) is 1.93. The number of amides is 1. The number of fused-ring (bicyclic) bond motifs is 1. The normalized spacial score (nSPS) is 11.4. The van der Waals surface area contributed by atoms with Crippen molar-refractivity contribution in [2.24, 2.45) is 14.1 Å².